The molecule has 0 amide bonds. The molecule has 1 aromatic heterocycles. The number of anilines is 1. The number of hydrogen-bond acceptors (Lipinski definition) is 4. The minimum atomic E-state index is 0.279. The number of nitrogens with two attached hydrogens (primary N) is 1. The summed E-state index contributed by atoms with van der Waals surface area (Å²) >= 11 is 0. The standard InChI is InChI=1S/C13H19N3O/c1-16-9-4-5-10(16)8-11(7-9)17-13-12(14)3-2-6-15-13/h2-3,6,9-11H,4-5,7-8,14H2,1H3. The van der Waals surface area contributed by atoms with Gasteiger partial charge in [0.25, 0.3) is 0 Å². The summed E-state index contributed by atoms with van der Waals surface area (Å²) < 4.78 is 5.95. The van der Waals surface area contributed by atoms with E-state index in [1.54, 1.807) is 6.20 Å². The normalized spacial score (nSPS) is 32.6. The molecule has 0 spiro atoms. The van der Waals surface area contributed by atoms with Crippen LogP contribution in [0.4, 0.5) is 5.69 Å². The first-order chi connectivity index (χ1) is 8.24. The molecule has 2 saturated heterocycles. The minimum Gasteiger partial charge on any atom is -0.473 e. The Morgan fingerprint density at radius 3 is 2.71 bits per heavy atom. The number of rotatable bonds is 2. The second-order valence-corrected chi connectivity index (χ2v) is 5.16. The molecule has 2 atom stereocenters. The van der Waals surface area contributed by atoms with Crippen molar-refractivity contribution >= 4 is 5.69 Å². The Bertz CT molecular complexity index is 395. The molecule has 0 saturated carbocycles. The highest BCUT2D eigenvalue weighted by Crippen LogP contribution is 2.36. The summed E-state index contributed by atoms with van der Waals surface area (Å²) in [7, 11) is 2.23. The van der Waals surface area contributed by atoms with Crippen molar-refractivity contribution in [1.29, 1.82) is 0 Å². The number of nitrogen functional groups attached to an aromatic ring is 1. The van der Waals surface area contributed by atoms with Crippen molar-refractivity contribution in [1.82, 2.24) is 9.88 Å². The van der Waals surface area contributed by atoms with Crippen molar-refractivity contribution in [2.45, 2.75) is 43.9 Å². The highest BCUT2D eigenvalue weighted by Gasteiger charge is 2.39. The molecule has 4 nitrogen and oxygen atoms in total. The smallest absolute Gasteiger partial charge is 0.237 e. The largest absolute Gasteiger partial charge is 0.473 e. The lowest BCUT2D eigenvalue weighted by molar-refractivity contribution is 0.0638. The van der Waals surface area contributed by atoms with E-state index in [0.717, 1.165) is 12.8 Å². The summed E-state index contributed by atoms with van der Waals surface area (Å²) in [5.41, 5.74) is 6.49. The van der Waals surface area contributed by atoms with Crippen molar-refractivity contribution in [3.63, 3.8) is 0 Å². The minimum absolute atomic E-state index is 0.279. The van der Waals surface area contributed by atoms with Crippen LogP contribution in [0.1, 0.15) is 25.7 Å². The van der Waals surface area contributed by atoms with Gasteiger partial charge >= 0.3 is 0 Å². The van der Waals surface area contributed by atoms with E-state index in [1.807, 2.05) is 12.1 Å². The first-order valence-corrected chi connectivity index (χ1v) is 6.33. The molecule has 2 N–H and O–H groups in total. The Hall–Kier alpha value is -1.29. The fourth-order valence-corrected chi connectivity index (χ4v) is 3.12. The fraction of sp³-hybridized carbons (Fsp3) is 0.615. The molecule has 2 aliphatic heterocycles. The van der Waals surface area contributed by atoms with E-state index in [2.05, 4.69) is 16.9 Å². The second kappa shape index (κ2) is 4.18. The van der Waals surface area contributed by atoms with Gasteiger partial charge in [-0.25, -0.2) is 4.98 Å². The van der Waals surface area contributed by atoms with Gasteiger partial charge in [-0.2, -0.15) is 0 Å². The second-order valence-electron chi connectivity index (χ2n) is 5.16. The molecule has 2 aliphatic rings. The lowest BCUT2D eigenvalue weighted by Crippen LogP contribution is -2.43. The number of ether oxygens (including phenoxy) is 1. The van der Waals surface area contributed by atoms with Gasteiger partial charge in [-0.05, 0) is 44.9 Å². The fourth-order valence-electron chi connectivity index (χ4n) is 3.12. The highest BCUT2D eigenvalue weighted by atomic mass is 16.5. The number of piperidine rings is 1. The van der Waals surface area contributed by atoms with Gasteiger partial charge in [0.15, 0.2) is 0 Å². The zero-order valence-corrected chi connectivity index (χ0v) is 10.2. The molecular formula is C13H19N3O. The molecule has 0 radical (unpaired) electrons. The van der Waals surface area contributed by atoms with Crippen LogP contribution in [-0.4, -0.2) is 35.1 Å². The lowest BCUT2D eigenvalue weighted by atomic mass is 10.0. The first-order valence-electron chi connectivity index (χ1n) is 6.33. The van der Waals surface area contributed by atoms with Crippen LogP contribution >= 0.6 is 0 Å². The van der Waals surface area contributed by atoms with Gasteiger partial charge in [-0.1, -0.05) is 0 Å². The molecule has 2 bridgehead atoms. The van der Waals surface area contributed by atoms with Crippen molar-refractivity contribution in [2.75, 3.05) is 12.8 Å². The molecule has 92 valence electrons. The summed E-state index contributed by atoms with van der Waals surface area (Å²) in [6.07, 6.45) is 6.82. The van der Waals surface area contributed by atoms with Crippen LogP contribution in [0.2, 0.25) is 0 Å². The summed E-state index contributed by atoms with van der Waals surface area (Å²) in [6.45, 7) is 0. The Morgan fingerprint density at radius 2 is 2.06 bits per heavy atom. The third-order valence-corrected chi connectivity index (χ3v) is 4.13. The number of hydrogen-bond donors (Lipinski definition) is 1. The molecule has 1 aromatic rings. The Balaban J connectivity index is 1.70. The van der Waals surface area contributed by atoms with Crippen LogP contribution in [0.25, 0.3) is 0 Å². The molecular weight excluding hydrogens is 214 g/mol. The maximum absolute atomic E-state index is 5.95. The zero-order chi connectivity index (χ0) is 11.8. The van der Waals surface area contributed by atoms with Crippen LogP contribution < -0.4 is 10.5 Å². The van der Waals surface area contributed by atoms with Gasteiger partial charge in [0.1, 0.15) is 6.10 Å². The number of fused-ring (bicyclic) bond motifs is 2. The van der Waals surface area contributed by atoms with Crippen LogP contribution in [0, 0.1) is 0 Å². The SMILES string of the molecule is CN1C2CCC1CC(Oc1ncccc1N)C2. The highest BCUT2D eigenvalue weighted by molar-refractivity contribution is 5.46. The summed E-state index contributed by atoms with van der Waals surface area (Å²) in [5.74, 6) is 0.599. The van der Waals surface area contributed by atoms with Crippen LogP contribution in [0.3, 0.4) is 0 Å². The van der Waals surface area contributed by atoms with Gasteiger partial charge in [-0.3, -0.25) is 0 Å². The number of aromatic nitrogens is 1. The molecule has 4 heteroatoms. The molecule has 3 rings (SSSR count). The van der Waals surface area contributed by atoms with Gasteiger partial charge in [0, 0.05) is 18.3 Å². The van der Waals surface area contributed by atoms with Crippen LogP contribution in [-0.2, 0) is 0 Å². The maximum atomic E-state index is 5.95. The average molecular weight is 233 g/mol. The Kier molecular flexibility index (Phi) is 2.67. The van der Waals surface area contributed by atoms with Crippen molar-refractivity contribution in [3.05, 3.63) is 18.3 Å². The summed E-state index contributed by atoms with van der Waals surface area (Å²) in [6, 6.07) is 5.04. The molecule has 0 aromatic carbocycles. The molecule has 2 unspecified atom stereocenters. The van der Waals surface area contributed by atoms with E-state index >= 15 is 0 Å². The zero-order valence-electron chi connectivity index (χ0n) is 10.2. The molecule has 2 fully saturated rings. The van der Waals surface area contributed by atoms with Gasteiger partial charge in [0.2, 0.25) is 5.88 Å². The summed E-state index contributed by atoms with van der Waals surface area (Å²) in [5, 5.41) is 0. The Morgan fingerprint density at radius 1 is 1.35 bits per heavy atom. The molecule has 0 aliphatic carbocycles. The van der Waals surface area contributed by atoms with E-state index < -0.39 is 0 Å². The molecule has 3 heterocycles. The van der Waals surface area contributed by atoms with Crippen molar-refractivity contribution in [2.24, 2.45) is 0 Å². The quantitative estimate of drug-likeness (QED) is 0.844. The predicted molar refractivity (Wildman–Crippen MR) is 66.9 cm³/mol. The van der Waals surface area contributed by atoms with Crippen molar-refractivity contribution < 1.29 is 4.74 Å². The van der Waals surface area contributed by atoms with Crippen LogP contribution in [0.15, 0.2) is 18.3 Å². The third-order valence-electron chi connectivity index (χ3n) is 4.13. The van der Waals surface area contributed by atoms with Crippen molar-refractivity contribution in [3.8, 4) is 5.88 Å². The third kappa shape index (κ3) is 1.97. The van der Waals surface area contributed by atoms with Gasteiger partial charge < -0.3 is 15.4 Å². The van der Waals surface area contributed by atoms with Gasteiger partial charge in [0.05, 0.1) is 5.69 Å². The Labute approximate surface area is 102 Å². The molecule has 17 heavy (non-hydrogen) atoms. The van der Waals surface area contributed by atoms with E-state index in [-0.39, 0.29) is 6.10 Å². The van der Waals surface area contributed by atoms with E-state index in [1.165, 1.54) is 12.8 Å². The maximum Gasteiger partial charge on any atom is 0.237 e. The van der Waals surface area contributed by atoms with E-state index in [4.69, 9.17) is 10.5 Å². The van der Waals surface area contributed by atoms with E-state index in [0.29, 0.717) is 23.7 Å². The lowest BCUT2D eigenvalue weighted by Gasteiger charge is -2.36. The van der Waals surface area contributed by atoms with Gasteiger partial charge in [-0.15, -0.1) is 0 Å². The van der Waals surface area contributed by atoms with E-state index in [9.17, 15) is 0 Å². The number of nitrogens with zero attached hydrogens (tertiary/aromatic N) is 2. The first kappa shape index (κ1) is 10.8. The average Bonchev–Trinajstić information content (AvgIpc) is 2.55. The number of pyridine rings is 1. The summed E-state index contributed by atoms with van der Waals surface area (Å²) in [4.78, 5) is 6.70. The predicted octanol–water partition coefficient (Wildman–Crippen LogP) is 1.67. The topological polar surface area (TPSA) is 51.4 Å². The van der Waals surface area contributed by atoms with Crippen LogP contribution in [0.5, 0.6) is 5.88 Å². The monoisotopic (exact) mass is 233 g/mol.